The van der Waals surface area contributed by atoms with Crippen LogP contribution in [0.4, 0.5) is 5.13 Å². The molecular weight excluding hydrogens is 620 g/mol. The number of sulfonamides is 1. The van der Waals surface area contributed by atoms with E-state index in [1.807, 2.05) is 73.7 Å². The number of anilines is 1. The molecule has 0 radical (unpaired) electrons. The van der Waals surface area contributed by atoms with Gasteiger partial charge in [-0.25, -0.2) is 13.4 Å². The molecule has 1 aliphatic rings. The topological polar surface area (TPSA) is 82.9 Å². The molecule has 1 amide bonds. The van der Waals surface area contributed by atoms with E-state index in [2.05, 4.69) is 26.0 Å². The van der Waals surface area contributed by atoms with Gasteiger partial charge < -0.3 is 0 Å². The average Bonchev–Trinajstić information content (AvgIpc) is 3.40. The molecule has 0 saturated carbocycles. The number of hydrazone groups is 1. The van der Waals surface area contributed by atoms with Crippen molar-refractivity contribution in [3.05, 3.63) is 123 Å². The predicted molar refractivity (Wildman–Crippen MR) is 167 cm³/mol. The molecule has 6 rings (SSSR count). The summed E-state index contributed by atoms with van der Waals surface area (Å²) in [5.41, 5.74) is 5.19. The summed E-state index contributed by atoms with van der Waals surface area (Å²) in [4.78, 5) is 18.6. The summed E-state index contributed by atoms with van der Waals surface area (Å²) in [6, 6.07) is 27.5. The minimum Gasteiger partial charge on any atom is -0.267 e. The molecule has 1 aromatic heterocycles. The molecule has 10 heteroatoms. The summed E-state index contributed by atoms with van der Waals surface area (Å²) in [6.07, 6.45) is 2.28. The first-order valence-corrected chi connectivity index (χ1v) is 16.0. The number of hydrogen-bond acceptors (Lipinski definition) is 6. The van der Waals surface area contributed by atoms with Crippen LogP contribution in [-0.2, 0) is 23.0 Å². The number of aromatic nitrogens is 1. The normalized spacial score (nSPS) is 13.9. The van der Waals surface area contributed by atoms with Crippen LogP contribution in [0.3, 0.4) is 0 Å². The zero-order valence-corrected chi connectivity index (χ0v) is 25.3. The molecule has 7 nitrogen and oxygen atoms in total. The van der Waals surface area contributed by atoms with Gasteiger partial charge in [0.05, 0.1) is 21.3 Å². The van der Waals surface area contributed by atoms with Crippen LogP contribution in [0.15, 0.2) is 105 Å². The van der Waals surface area contributed by atoms with E-state index in [-0.39, 0.29) is 4.90 Å². The van der Waals surface area contributed by atoms with Crippen LogP contribution in [0.5, 0.6) is 0 Å². The van der Waals surface area contributed by atoms with Crippen molar-refractivity contribution < 1.29 is 13.2 Å². The third-order valence-corrected chi connectivity index (χ3v) is 10.3. The largest absolute Gasteiger partial charge is 0.280 e. The van der Waals surface area contributed by atoms with Gasteiger partial charge in [-0.15, -0.1) is 0 Å². The van der Waals surface area contributed by atoms with Gasteiger partial charge in [0.25, 0.3) is 5.91 Å². The van der Waals surface area contributed by atoms with E-state index in [1.165, 1.54) is 50.5 Å². The Morgan fingerprint density at radius 3 is 2.49 bits per heavy atom. The summed E-state index contributed by atoms with van der Waals surface area (Å²) in [5, 5.41) is 6.20. The number of thiazole rings is 1. The average molecular weight is 646 g/mol. The molecule has 0 atom stereocenters. The number of carbonyl (C=O) groups excluding carboxylic acids is 1. The monoisotopic (exact) mass is 644 g/mol. The van der Waals surface area contributed by atoms with E-state index in [9.17, 15) is 13.2 Å². The number of fused-ring (bicyclic) bond motifs is 2. The Morgan fingerprint density at radius 1 is 1.00 bits per heavy atom. The fraction of sp³-hybridized carbons (Fsp3) is 0.129. The van der Waals surface area contributed by atoms with Crippen LogP contribution in [-0.4, -0.2) is 36.4 Å². The number of hydrogen-bond donors (Lipinski definition) is 0. The zero-order valence-electron chi connectivity index (χ0n) is 22.1. The van der Waals surface area contributed by atoms with Crippen molar-refractivity contribution in [1.82, 2.24) is 9.29 Å². The third-order valence-electron chi connectivity index (χ3n) is 6.95. The van der Waals surface area contributed by atoms with E-state index >= 15 is 0 Å². The highest BCUT2D eigenvalue weighted by Gasteiger charge is 2.29. The van der Waals surface area contributed by atoms with E-state index in [1.54, 1.807) is 6.21 Å². The first-order chi connectivity index (χ1) is 19.8. The lowest BCUT2D eigenvalue weighted by molar-refractivity contribution is 0.0987. The molecule has 206 valence electrons. The van der Waals surface area contributed by atoms with Crippen molar-refractivity contribution in [2.75, 3.05) is 11.6 Å². The predicted octanol–water partition coefficient (Wildman–Crippen LogP) is 6.80. The Balaban J connectivity index is 1.30. The summed E-state index contributed by atoms with van der Waals surface area (Å²) in [7, 11) is -3.73. The molecule has 2 heterocycles. The highest BCUT2D eigenvalue weighted by atomic mass is 79.9. The first kappa shape index (κ1) is 27.5. The van der Waals surface area contributed by atoms with Crippen molar-refractivity contribution in [2.24, 2.45) is 5.10 Å². The van der Waals surface area contributed by atoms with Crippen LogP contribution in [0.25, 0.3) is 10.2 Å². The van der Waals surface area contributed by atoms with Gasteiger partial charge in [0.1, 0.15) is 0 Å². The second kappa shape index (κ2) is 11.3. The SMILES string of the molecule is Cc1ccc(/C=N/N(C(=O)c2ccc(S(=O)(=O)N3CCc4ccccc4C3)cc2)c2nc3ccc(Br)cc3s2)cc1. The first-order valence-electron chi connectivity index (χ1n) is 13.0. The lowest BCUT2D eigenvalue weighted by Gasteiger charge is -2.28. The molecule has 41 heavy (non-hydrogen) atoms. The minimum atomic E-state index is -3.73. The maximum atomic E-state index is 13.8. The van der Waals surface area contributed by atoms with Gasteiger partial charge in [-0.1, -0.05) is 81.4 Å². The lowest BCUT2D eigenvalue weighted by atomic mass is 10.0. The summed E-state index contributed by atoms with van der Waals surface area (Å²) >= 11 is 4.84. The van der Waals surface area contributed by atoms with Crippen LogP contribution in [0.2, 0.25) is 0 Å². The molecule has 0 N–H and O–H groups in total. The van der Waals surface area contributed by atoms with E-state index in [4.69, 9.17) is 0 Å². The molecule has 4 aromatic carbocycles. The Morgan fingerprint density at radius 2 is 1.73 bits per heavy atom. The second-order valence-corrected chi connectivity index (χ2v) is 13.6. The number of amides is 1. The standard InChI is InChI=1S/C31H25BrN4O3S2/c1-21-6-8-22(9-7-21)19-33-36(31-34-28-15-12-26(32)18-29(28)40-31)30(37)24-10-13-27(14-11-24)41(38,39)35-17-16-23-4-2-3-5-25(23)20-35/h2-15,18-19H,16-17,20H2,1H3/b33-19+. The van der Waals surface area contributed by atoms with Crippen LogP contribution < -0.4 is 5.01 Å². The Hall–Kier alpha value is -3.70. The van der Waals surface area contributed by atoms with Crippen LogP contribution in [0.1, 0.15) is 32.6 Å². The Kier molecular flexibility index (Phi) is 7.56. The molecule has 0 bridgehead atoms. The van der Waals surface area contributed by atoms with Crippen molar-refractivity contribution in [3.8, 4) is 0 Å². The molecular formula is C31H25BrN4O3S2. The van der Waals surface area contributed by atoms with Gasteiger partial charge in [-0.05, 0) is 72.5 Å². The number of benzene rings is 4. The summed E-state index contributed by atoms with van der Waals surface area (Å²) in [5.74, 6) is -0.415. The number of rotatable bonds is 6. The molecule has 1 aliphatic heterocycles. The fourth-order valence-corrected chi connectivity index (χ4v) is 7.55. The van der Waals surface area contributed by atoms with Crippen LogP contribution >= 0.6 is 27.3 Å². The maximum Gasteiger partial charge on any atom is 0.280 e. The van der Waals surface area contributed by atoms with Crippen molar-refractivity contribution in [3.63, 3.8) is 0 Å². The van der Waals surface area contributed by atoms with Gasteiger partial charge >= 0.3 is 0 Å². The second-order valence-electron chi connectivity index (χ2n) is 9.76. The molecule has 0 spiro atoms. The van der Waals surface area contributed by atoms with Gasteiger partial charge in [0.2, 0.25) is 15.2 Å². The third kappa shape index (κ3) is 5.73. The number of nitrogens with zero attached hydrogens (tertiary/aromatic N) is 4. The van der Waals surface area contributed by atoms with Gasteiger partial charge in [-0.2, -0.15) is 14.4 Å². The summed E-state index contributed by atoms with van der Waals surface area (Å²) in [6.45, 7) is 2.74. The highest BCUT2D eigenvalue weighted by Crippen LogP contribution is 2.32. The van der Waals surface area contributed by atoms with Gasteiger partial charge in [-0.3, -0.25) is 4.79 Å². The Bertz CT molecular complexity index is 1890. The number of aryl methyl sites for hydroxylation is 1. The van der Waals surface area contributed by atoms with Gasteiger partial charge in [0, 0.05) is 23.1 Å². The van der Waals surface area contributed by atoms with Crippen LogP contribution in [0, 0.1) is 6.92 Å². The molecule has 0 saturated heterocycles. The Labute approximate surface area is 251 Å². The maximum absolute atomic E-state index is 13.8. The molecule has 0 aliphatic carbocycles. The molecule has 0 fully saturated rings. The molecule has 5 aromatic rings. The quantitative estimate of drug-likeness (QED) is 0.150. The zero-order chi connectivity index (χ0) is 28.6. The lowest BCUT2D eigenvalue weighted by Crippen LogP contribution is -2.36. The smallest absolute Gasteiger partial charge is 0.267 e. The number of halogens is 1. The highest BCUT2D eigenvalue weighted by molar-refractivity contribution is 9.10. The van der Waals surface area contributed by atoms with E-state index in [0.717, 1.165) is 31.4 Å². The van der Waals surface area contributed by atoms with Gasteiger partial charge in [0.15, 0.2) is 0 Å². The van der Waals surface area contributed by atoms with E-state index in [0.29, 0.717) is 30.2 Å². The van der Waals surface area contributed by atoms with Crippen molar-refractivity contribution in [1.29, 1.82) is 0 Å². The van der Waals surface area contributed by atoms with E-state index < -0.39 is 15.9 Å². The molecule has 0 unspecified atom stereocenters. The summed E-state index contributed by atoms with van der Waals surface area (Å²) < 4.78 is 30.2. The van der Waals surface area contributed by atoms with Crippen molar-refractivity contribution in [2.45, 2.75) is 24.8 Å². The fourth-order valence-electron chi connectivity index (χ4n) is 4.66. The number of carbonyl (C=O) groups is 1. The van der Waals surface area contributed by atoms with Crippen molar-refractivity contribution >= 4 is 64.8 Å². The minimum absolute atomic E-state index is 0.146.